The molecule has 1 atom stereocenters. The van der Waals surface area contributed by atoms with Crippen molar-refractivity contribution in [2.24, 2.45) is 0 Å². The number of unbranched alkanes of at least 4 members (excludes halogenated alkanes) is 8. The zero-order valence-electron chi connectivity index (χ0n) is 12.1. The highest BCUT2D eigenvalue weighted by Gasteiger charge is 2.13. The van der Waals surface area contributed by atoms with Crippen molar-refractivity contribution in [2.45, 2.75) is 83.3 Å². The molecule has 0 aromatic carbocycles. The number of hydrogen-bond acceptors (Lipinski definition) is 3. The Labute approximate surface area is 118 Å². The lowest BCUT2D eigenvalue weighted by molar-refractivity contribution is -0.142. The van der Waals surface area contributed by atoms with Gasteiger partial charge in [0, 0.05) is 0 Å². The summed E-state index contributed by atoms with van der Waals surface area (Å²) >= 11 is 4.27. The van der Waals surface area contributed by atoms with Gasteiger partial charge in [-0.05, 0) is 13.3 Å². The summed E-state index contributed by atoms with van der Waals surface area (Å²) in [6, 6.07) is 0. The zero-order valence-corrected chi connectivity index (χ0v) is 13.0. The van der Waals surface area contributed by atoms with Crippen LogP contribution >= 0.6 is 12.6 Å². The fourth-order valence-corrected chi connectivity index (χ4v) is 2.26. The summed E-state index contributed by atoms with van der Waals surface area (Å²) in [6.07, 6.45) is 12.6. The van der Waals surface area contributed by atoms with E-state index in [1.54, 1.807) is 0 Å². The number of ether oxygens (including phenoxy) is 1. The Morgan fingerprint density at radius 3 is 1.94 bits per heavy atom. The first-order chi connectivity index (χ1) is 8.72. The van der Waals surface area contributed by atoms with Crippen LogP contribution < -0.4 is 0 Å². The first-order valence-electron chi connectivity index (χ1n) is 7.57. The molecule has 1 unspecified atom stereocenters. The van der Waals surface area contributed by atoms with Gasteiger partial charge in [-0.1, -0.05) is 64.7 Å². The van der Waals surface area contributed by atoms with Gasteiger partial charge in [0.2, 0.25) is 0 Å². The summed E-state index contributed by atoms with van der Waals surface area (Å²) in [7, 11) is 0. The zero-order chi connectivity index (χ0) is 13.6. The summed E-state index contributed by atoms with van der Waals surface area (Å²) in [4.78, 5) is 11.3. The second-order valence-electron chi connectivity index (χ2n) is 4.88. The van der Waals surface area contributed by atoms with E-state index >= 15 is 0 Å². The van der Waals surface area contributed by atoms with Gasteiger partial charge in [-0.3, -0.25) is 4.79 Å². The number of rotatable bonds is 12. The summed E-state index contributed by atoms with van der Waals surface area (Å²) in [5.41, 5.74) is 0. The Morgan fingerprint density at radius 2 is 1.44 bits per heavy atom. The van der Waals surface area contributed by atoms with Crippen molar-refractivity contribution in [2.75, 3.05) is 6.61 Å². The fourth-order valence-electron chi connectivity index (χ4n) is 2.00. The van der Waals surface area contributed by atoms with E-state index in [0.29, 0.717) is 6.61 Å². The molecule has 108 valence electrons. The molecular weight excluding hydrogens is 244 g/mol. The number of carbonyl (C=O) groups excluding carboxylic acids is 1. The largest absolute Gasteiger partial charge is 0.465 e. The topological polar surface area (TPSA) is 26.3 Å². The van der Waals surface area contributed by atoms with Gasteiger partial charge in [0.05, 0.1) is 11.9 Å². The van der Waals surface area contributed by atoms with Gasteiger partial charge < -0.3 is 4.74 Å². The Balaban J connectivity index is 3.22. The summed E-state index contributed by atoms with van der Waals surface area (Å²) < 4.78 is 4.92. The Morgan fingerprint density at radius 1 is 0.944 bits per heavy atom. The molecule has 0 spiro atoms. The SMILES string of the molecule is CCCCCCCCCCCC(S)C(=O)OCC. The van der Waals surface area contributed by atoms with Crippen molar-refractivity contribution >= 4 is 18.6 Å². The van der Waals surface area contributed by atoms with Crippen molar-refractivity contribution in [1.82, 2.24) is 0 Å². The molecule has 0 aliphatic carbocycles. The van der Waals surface area contributed by atoms with Crippen LogP contribution in [0.2, 0.25) is 0 Å². The lowest BCUT2D eigenvalue weighted by atomic mass is 10.1. The van der Waals surface area contributed by atoms with E-state index < -0.39 is 0 Å². The maximum Gasteiger partial charge on any atom is 0.318 e. The molecule has 0 heterocycles. The minimum absolute atomic E-state index is 0.166. The molecule has 18 heavy (non-hydrogen) atoms. The van der Waals surface area contributed by atoms with Gasteiger partial charge in [-0.25, -0.2) is 0 Å². The molecule has 0 bridgehead atoms. The standard InChI is InChI=1S/C15H30O2S/c1-3-5-6-7-8-9-10-11-12-13-14(18)15(16)17-4-2/h14,18H,3-13H2,1-2H3. The third kappa shape index (κ3) is 10.9. The van der Waals surface area contributed by atoms with Crippen LogP contribution in [0.3, 0.4) is 0 Å². The van der Waals surface area contributed by atoms with Gasteiger partial charge in [0.1, 0.15) is 0 Å². The predicted octanol–water partition coefficient (Wildman–Crippen LogP) is 4.77. The van der Waals surface area contributed by atoms with E-state index in [-0.39, 0.29) is 11.2 Å². The summed E-state index contributed by atoms with van der Waals surface area (Å²) in [5, 5.41) is -0.227. The van der Waals surface area contributed by atoms with Crippen LogP contribution in [0.5, 0.6) is 0 Å². The lowest BCUT2D eigenvalue weighted by Gasteiger charge is -2.09. The lowest BCUT2D eigenvalue weighted by Crippen LogP contribution is -2.17. The van der Waals surface area contributed by atoms with Gasteiger partial charge >= 0.3 is 5.97 Å². The normalized spacial score (nSPS) is 12.4. The molecule has 0 amide bonds. The van der Waals surface area contributed by atoms with E-state index in [1.807, 2.05) is 6.92 Å². The maximum absolute atomic E-state index is 11.3. The number of hydrogen-bond donors (Lipinski definition) is 1. The van der Waals surface area contributed by atoms with Crippen LogP contribution in [-0.4, -0.2) is 17.8 Å². The van der Waals surface area contributed by atoms with Crippen LogP contribution in [-0.2, 0) is 9.53 Å². The van der Waals surface area contributed by atoms with Crippen molar-refractivity contribution in [3.8, 4) is 0 Å². The molecule has 2 nitrogen and oxygen atoms in total. The first kappa shape index (κ1) is 17.8. The minimum Gasteiger partial charge on any atom is -0.465 e. The Bertz CT molecular complexity index is 195. The second kappa shape index (κ2) is 13.3. The molecule has 0 radical (unpaired) electrons. The molecule has 0 N–H and O–H groups in total. The highest BCUT2D eigenvalue weighted by molar-refractivity contribution is 7.81. The number of carbonyl (C=O) groups is 1. The van der Waals surface area contributed by atoms with Gasteiger partial charge in [0.15, 0.2) is 0 Å². The molecule has 0 aromatic heterocycles. The predicted molar refractivity (Wildman–Crippen MR) is 81.3 cm³/mol. The highest BCUT2D eigenvalue weighted by atomic mass is 32.1. The Kier molecular flexibility index (Phi) is 13.1. The molecular formula is C15H30O2S. The quantitative estimate of drug-likeness (QED) is 0.315. The second-order valence-corrected chi connectivity index (χ2v) is 5.51. The molecule has 0 saturated carbocycles. The van der Waals surface area contributed by atoms with Crippen molar-refractivity contribution < 1.29 is 9.53 Å². The Hall–Kier alpha value is -0.180. The average Bonchev–Trinajstić information content (AvgIpc) is 2.36. The van der Waals surface area contributed by atoms with E-state index in [4.69, 9.17) is 4.74 Å². The van der Waals surface area contributed by atoms with Gasteiger partial charge in [0.25, 0.3) is 0 Å². The van der Waals surface area contributed by atoms with Crippen molar-refractivity contribution in [3.05, 3.63) is 0 Å². The molecule has 0 rings (SSSR count). The molecule has 0 saturated heterocycles. The van der Waals surface area contributed by atoms with E-state index in [1.165, 1.54) is 51.4 Å². The van der Waals surface area contributed by atoms with E-state index in [2.05, 4.69) is 19.6 Å². The van der Waals surface area contributed by atoms with Crippen LogP contribution in [0.25, 0.3) is 0 Å². The van der Waals surface area contributed by atoms with Gasteiger partial charge in [-0.2, -0.15) is 12.6 Å². The average molecular weight is 274 g/mol. The van der Waals surface area contributed by atoms with Gasteiger partial charge in [-0.15, -0.1) is 0 Å². The highest BCUT2D eigenvalue weighted by Crippen LogP contribution is 2.13. The fraction of sp³-hybridized carbons (Fsp3) is 0.933. The van der Waals surface area contributed by atoms with E-state index in [0.717, 1.165) is 12.8 Å². The number of esters is 1. The molecule has 0 aliphatic rings. The smallest absolute Gasteiger partial charge is 0.318 e. The summed E-state index contributed by atoms with van der Waals surface area (Å²) in [5.74, 6) is -0.166. The first-order valence-corrected chi connectivity index (χ1v) is 8.08. The third-order valence-electron chi connectivity index (χ3n) is 3.14. The molecule has 0 aliphatic heterocycles. The minimum atomic E-state index is -0.227. The summed E-state index contributed by atoms with van der Waals surface area (Å²) in [6.45, 7) is 4.53. The van der Waals surface area contributed by atoms with Crippen LogP contribution in [0, 0.1) is 0 Å². The molecule has 0 aromatic rings. The van der Waals surface area contributed by atoms with E-state index in [9.17, 15) is 4.79 Å². The number of thiol groups is 1. The molecule has 3 heteroatoms. The maximum atomic E-state index is 11.3. The van der Waals surface area contributed by atoms with Crippen molar-refractivity contribution in [1.29, 1.82) is 0 Å². The van der Waals surface area contributed by atoms with Crippen molar-refractivity contribution in [3.63, 3.8) is 0 Å². The van der Waals surface area contributed by atoms with Crippen LogP contribution in [0.1, 0.15) is 78.1 Å². The van der Waals surface area contributed by atoms with Crippen LogP contribution in [0.4, 0.5) is 0 Å². The molecule has 0 fully saturated rings. The van der Waals surface area contributed by atoms with Crippen LogP contribution in [0.15, 0.2) is 0 Å². The monoisotopic (exact) mass is 274 g/mol. The third-order valence-corrected chi connectivity index (χ3v) is 3.61.